The van der Waals surface area contributed by atoms with E-state index >= 15 is 0 Å². The summed E-state index contributed by atoms with van der Waals surface area (Å²) in [5, 5.41) is 13.1. The SMILES string of the molecule is N#CC(Nc1ccc(Cl)cc1)C1CCCOC1. The Hall–Kier alpha value is -1.24. The first kappa shape index (κ1) is 12.2. The number of benzene rings is 1. The van der Waals surface area contributed by atoms with Crippen LogP contribution >= 0.6 is 11.6 Å². The fourth-order valence-electron chi connectivity index (χ4n) is 2.01. The molecule has 3 nitrogen and oxygen atoms in total. The van der Waals surface area contributed by atoms with Crippen LogP contribution in [0.4, 0.5) is 5.69 Å². The van der Waals surface area contributed by atoms with Crippen molar-refractivity contribution in [2.24, 2.45) is 5.92 Å². The molecule has 2 atom stereocenters. The third-order valence-electron chi connectivity index (χ3n) is 2.97. The Kier molecular flexibility index (Phi) is 4.24. The van der Waals surface area contributed by atoms with Gasteiger partial charge in [-0.15, -0.1) is 0 Å². The average molecular weight is 251 g/mol. The van der Waals surface area contributed by atoms with Crippen LogP contribution in [0.15, 0.2) is 24.3 Å². The molecule has 0 spiro atoms. The first-order chi connectivity index (χ1) is 8.29. The summed E-state index contributed by atoms with van der Waals surface area (Å²) in [6.45, 7) is 1.48. The van der Waals surface area contributed by atoms with Gasteiger partial charge in [0.2, 0.25) is 0 Å². The second-order valence-corrected chi connectivity index (χ2v) is 4.67. The van der Waals surface area contributed by atoms with Gasteiger partial charge in [0.05, 0.1) is 12.7 Å². The molecule has 1 aromatic carbocycles. The number of anilines is 1. The number of nitriles is 1. The van der Waals surface area contributed by atoms with Gasteiger partial charge in [0.15, 0.2) is 0 Å². The normalized spacial score (nSPS) is 21.5. The maximum atomic E-state index is 9.20. The second-order valence-electron chi connectivity index (χ2n) is 4.24. The molecule has 1 aromatic rings. The fraction of sp³-hybridized carbons (Fsp3) is 0.462. The molecule has 1 aliphatic heterocycles. The molecule has 0 radical (unpaired) electrons. The lowest BCUT2D eigenvalue weighted by Gasteiger charge is -2.27. The molecule has 90 valence electrons. The number of hydrogen-bond acceptors (Lipinski definition) is 3. The highest BCUT2D eigenvalue weighted by Gasteiger charge is 2.23. The predicted molar refractivity (Wildman–Crippen MR) is 68.0 cm³/mol. The molecule has 1 heterocycles. The zero-order chi connectivity index (χ0) is 12.1. The molecule has 1 aliphatic rings. The third-order valence-corrected chi connectivity index (χ3v) is 3.22. The second kappa shape index (κ2) is 5.90. The third kappa shape index (κ3) is 3.36. The van der Waals surface area contributed by atoms with Crippen LogP contribution in [0.2, 0.25) is 5.02 Å². The van der Waals surface area contributed by atoms with Crippen LogP contribution in [0.5, 0.6) is 0 Å². The molecule has 1 fully saturated rings. The summed E-state index contributed by atoms with van der Waals surface area (Å²) >= 11 is 5.82. The van der Waals surface area contributed by atoms with Crippen LogP contribution < -0.4 is 5.32 Å². The molecular formula is C13H15ClN2O. The quantitative estimate of drug-likeness (QED) is 0.897. The summed E-state index contributed by atoms with van der Waals surface area (Å²) in [5.74, 6) is 0.268. The van der Waals surface area contributed by atoms with Gasteiger partial charge in [0.25, 0.3) is 0 Å². The summed E-state index contributed by atoms with van der Waals surface area (Å²) < 4.78 is 5.41. The van der Waals surface area contributed by atoms with Gasteiger partial charge in [0.1, 0.15) is 6.04 Å². The molecule has 1 N–H and O–H groups in total. The number of rotatable bonds is 3. The number of nitrogens with zero attached hydrogens (tertiary/aromatic N) is 1. The maximum Gasteiger partial charge on any atom is 0.119 e. The first-order valence-corrected chi connectivity index (χ1v) is 6.17. The molecule has 0 saturated carbocycles. The van der Waals surface area contributed by atoms with Gasteiger partial charge in [-0.3, -0.25) is 0 Å². The summed E-state index contributed by atoms with van der Waals surface area (Å²) in [6, 6.07) is 9.51. The van der Waals surface area contributed by atoms with Crippen LogP contribution in [0.25, 0.3) is 0 Å². The lowest BCUT2D eigenvalue weighted by Crippen LogP contribution is -2.33. The molecular weight excluding hydrogens is 236 g/mol. The van der Waals surface area contributed by atoms with E-state index in [1.165, 1.54) is 0 Å². The van der Waals surface area contributed by atoms with Gasteiger partial charge < -0.3 is 10.1 Å². The molecule has 0 bridgehead atoms. The van der Waals surface area contributed by atoms with Crippen molar-refractivity contribution in [3.05, 3.63) is 29.3 Å². The highest BCUT2D eigenvalue weighted by molar-refractivity contribution is 6.30. The summed E-state index contributed by atoms with van der Waals surface area (Å²) in [7, 11) is 0. The Bertz CT molecular complexity index is 393. The molecule has 2 rings (SSSR count). The summed E-state index contributed by atoms with van der Waals surface area (Å²) in [5.41, 5.74) is 0.923. The number of ether oxygens (including phenoxy) is 1. The minimum absolute atomic E-state index is 0.198. The number of hydrogen-bond donors (Lipinski definition) is 1. The van der Waals surface area contributed by atoms with Gasteiger partial charge in [-0.05, 0) is 37.1 Å². The topological polar surface area (TPSA) is 45.0 Å². The van der Waals surface area contributed by atoms with E-state index < -0.39 is 0 Å². The standard InChI is InChI=1S/C13H15ClN2O/c14-11-3-5-12(6-4-11)16-13(8-15)10-2-1-7-17-9-10/h3-6,10,13,16H,1-2,7,9H2. The van der Waals surface area contributed by atoms with E-state index in [1.54, 1.807) is 0 Å². The molecule has 2 unspecified atom stereocenters. The number of nitrogens with one attached hydrogen (secondary N) is 1. The van der Waals surface area contributed by atoms with Gasteiger partial charge in [0, 0.05) is 23.2 Å². The largest absolute Gasteiger partial charge is 0.381 e. The van der Waals surface area contributed by atoms with E-state index in [0.717, 1.165) is 25.1 Å². The van der Waals surface area contributed by atoms with E-state index in [4.69, 9.17) is 16.3 Å². The van der Waals surface area contributed by atoms with Crippen LogP contribution in [-0.2, 0) is 4.74 Å². The zero-order valence-corrected chi connectivity index (χ0v) is 10.3. The Labute approximate surface area is 106 Å². The highest BCUT2D eigenvalue weighted by Crippen LogP contribution is 2.21. The van der Waals surface area contributed by atoms with Crippen molar-refractivity contribution in [1.29, 1.82) is 5.26 Å². The van der Waals surface area contributed by atoms with Crippen molar-refractivity contribution in [1.82, 2.24) is 0 Å². The fourth-order valence-corrected chi connectivity index (χ4v) is 2.14. The minimum atomic E-state index is -0.198. The number of halogens is 1. The van der Waals surface area contributed by atoms with Crippen LogP contribution in [0, 0.1) is 17.2 Å². The Morgan fingerprint density at radius 2 is 2.18 bits per heavy atom. The maximum absolute atomic E-state index is 9.20. The smallest absolute Gasteiger partial charge is 0.119 e. The van der Waals surface area contributed by atoms with Crippen molar-refractivity contribution in [2.75, 3.05) is 18.5 Å². The Balaban J connectivity index is 1.99. The first-order valence-electron chi connectivity index (χ1n) is 5.79. The minimum Gasteiger partial charge on any atom is -0.381 e. The van der Waals surface area contributed by atoms with Crippen LogP contribution in [0.3, 0.4) is 0 Å². The van der Waals surface area contributed by atoms with E-state index in [2.05, 4.69) is 11.4 Å². The predicted octanol–water partition coefficient (Wildman–Crippen LogP) is 3.07. The molecule has 1 saturated heterocycles. The van der Waals surface area contributed by atoms with E-state index in [-0.39, 0.29) is 12.0 Å². The van der Waals surface area contributed by atoms with Crippen LogP contribution in [0.1, 0.15) is 12.8 Å². The molecule has 4 heteroatoms. The molecule has 0 aromatic heterocycles. The van der Waals surface area contributed by atoms with Crippen molar-refractivity contribution in [3.63, 3.8) is 0 Å². The lowest BCUT2D eigenvalue weighted by molar-refractivity contribution is 0.0532. The zero-order valence-electron chi connectivity index (χ0n) is 9.53. The summed E-state index contributed by atoms with van der Waals surface area (Å²) in [6.07, 6.45) is 2.07. The van der Waals surface area contributed by atoms with Crippen molar-refractivity contribution >= 4 is 17.3 Å². The molecule has 0 aliphatic carbocycles. The van der Waals surface area contributed by atoms with Gasteiger partial charge >= 0.3 is 0 Å². The average Bonchev–Trinajstić information content (AvgIpc) is 2.39. The van der Waals surface area contributed by atoms with Gasteiger partial charge in [-0.25, -0.2) is 0 Å². The van der Waals surface area contributed by atoms with Gasteiger partial charge in [-0.2, -0.15) is 5.26 Å². The monoisotopic (exact) mass is 250 g/mol. The molecule has 0 amide bonds. The highest BCUT2D eigenvalue weighted by atomic mass is 35.5. The van der Waals surface area contributed by atoms with E-state index in [0.29, 0.717) is 11.6 Å². The van der Waals surface area contributed by atoms with Gasteiger partial charge in [-0.1, -0.05) is 11.6 Å². The van der Waals surface area contributed by atoms with E-state index in [9.17, 15) is 5.26 Å². The summed E-state index contributed by atoms with van der Waals surface area (Å²) in [4.78, 5) is 0. The Morgan fingerprint density at radius 1 is 1.41 bits per heavy atom. The van der Waals surface area contributed by atoms with Crippen molar-refractivity contribution in [2.45, 2.75) is 18.9 Å². The van der Waals surface area contributed by atoms with Crippen molar-refractivity contribution in [3.8, 4) is 6.07 Å². The molecule has 17 heavy (non-hydrogen) atoms. The lowest BCUT2D eigenvalue weighted by atomic mass is 9.94. The van der Waals surface area contributed by atoms with Crippen molar-refractivity contribution < 1.29 is 4.74 Å². The Morgan fingerprint density at radius 3 is 2.76 bits per heavy atom. The van der Waals surface area contributed by atoms with E-state index in [1.807, 2.05) is 24.3 Å². The van der Waals surface area contributed by atoms with Crippen LogP contribution in [-0.4, -0.2) is 19.3 Å².